The summed E-state index contributed by atoms with van der Waals surface area (Å²) < 4.78 is 13.8. The summed E-state index contributed by atoms with van der Waals surface area (Å²) in [5.41, 5.74) is 0.799. The van der Waals surface area contributed by atoms with E-state index in [1.165, 1.54) is 6.07 Å². The van der Waals surface area contributed by atoms with Crippen molar-refractivity contribution in [2.45, 2.75) is 45.2 Å². The molecule has 0 spiro atoms. The molecule has 2 unspecified atom stereocenters. The summed E-state index contributed by atoms with van der Waals surface area (Å²) in [6, 6.07) is 7.30. The molecule has 0 amide bonds. The Morgan fingerprint density at radius 3 is 2.37 bits per heavy atom. The minimum absolute atomic E-state index is 0.0122. The molecule has 19 heavy (non-hydrogen) atoms. The van der Waals surface area contributed by atoms with Crippen LogP contribution < -0.4 is 5.32 Å². The van der Waals surface area contributed by atoms with Gasteiger partial charge in [0.1, 0.15) is 5.82 Å². The van der Waals surface area contributed by atoms with Crippen LogP contribution in [0.2, 0.25) is 0 Å². The normalized spacial score (nSPS) is 16.4. The number of nitrogens with zero attached hydrogens (tertiary/aromatic N) is 1. The predicted molar refractivity (Wildman–Crippen MR) is 80.0 cm³/mol. The molecule has 0 saturated carbocycles. The van der Waals surface area contributed by atoms with E-state index >= 15 is 0 Å². The Balaban J connectivity index is 2.98. The first kappa shape index (κ1) is 16.1. The van der Waals surface area contributed by atoms with Gasteiger partial charge < -0.3 is 10.2 Å². The smallest absolute Gasteiger partial charge is 0.126 e. The van der Waals surface area contributed by atoms with Crippen molar-refractivity contribution in [3.05, 3.63) is 35.6 Å². The molecule has 0 saturated heterocycles. The molecule has 0 fully saturated rings. The Kier molecular flexibility index (Phi) is 5.95. The molecule has 0 aliphatic rings. The van der Waals surface area contributed by atoms with Crippen molar-refractivity contribution in [3.8, 4) is 0 Å². The van der Waals surface area contributed by atoms with Gasteiger partial charge in [-0.25, -0.2) is 4.39 Å². The summed E-state index contributed by atoms with van der Waals surface area (Å²) in [5, 5.41) is 3.52. The summed E-state index contributed by atoms with van der Waals surface area (Å²) in [4.78, 5) is 2.24. The number of benzene rings is 1. The van der Waals surface area contributed by atoms with Gasteiger partial charge in [-0.1, -0.05) is 32.0 Å². The van der Waals surface area contributed by atoms with Crippen LogP contribution in [0, 0.1) is 5.82 Å². The maximum absolute atomic E-state index is 13.8. The van der Waals surface area contributed by atoms with Gasteiger partial charge in [-0.2, -0.15) is 0 Å². The Hall–Kier alpha value is -0.930. The zero-order valence-electron chi connectivity index (χ0n) is 12.8. The lowest BCUT2D eigenvalue weighted by atomic mass is 9.84. The third-order valence-electron chi connectivity index (χ3n) is 4.32. The summed E-state index contributed by atoms with van der Waals surface area (Å²) in [6.07, 6.45) is 1.73. The van der Waals surface area contributed by atoms with Gasteiger partial charge >= 0.3 is 0 Å². The highest BCUT2D eigenvalue weighted by Crippen LogP contribution is 2.24. The van der Waals surface area contributed by atoms with Gasteiger partial charge in [0.05, 0.1) is 0 Å². The van der Waals surface area contributed by atoms with Gasteiger partial charge in [-0.3, -0.25) is 0 Å². The fourth-order valence-electron chi connectivity index (χ4n) is 2.52. The fraction of sp³-hybridized carbons (Fsp3) is 0.625. The Morgan fingerprint density at radius 2 is 1.89 bits per heavy atom. The van der Waals surface area contributed by atoms with Crippen molar-refractivity contribution in [2.75, 3.05) is 20.6 Å². The molecule has 0 aromatic heterocycles. The van der Waals surface area contributed by atoms with Gasteiger partial charge in [0.25, 0.3) is 0 Å². The van der Waals surface area contributed by atoms with Crippen LogP contribution in [0.1, 0.15) is 32.8 Å². The van der Waals surface area contributed by atoms with E-state index < -0.39 is 0 Å². The Labute approximate surface area is 117 Å². The van der Waals surface area contributed by atoms with Crippen LogP contribution in [-0.4, -0.2) is 37.1 Å². The van der Waals surface area contributed by atoms with Gasteiger partial charge in [-0.15, -0.1) is 0 Å². The van der Waals surface area contributed by atoms with Crippen LogP contribution in [0.15, 0.2) is 24.3 Å². The zero-order valence-corrected chi connectivity index (χ0v) is 12.8. The molecule has 1 N–H and O–H groups in total. The molecule has 3 heteroatoms. The first-order valence-corrected chi connectivity index (χ1v) is 7.09. The lowest BCUT2D eigenvalue weighted by molar-refractivity contribution is 0.113. The minimum atomic E-state index is -0.109. The van der Waals surface area contributed by atoms with Gasteiger partial charge in [0.2, 0.25) is 0 Å². The third kappa shape index (κ3) is 3.77. The van der Waals surface area contributed by atoms with Gasteiger partial charge in [0, 0.05) is 11.6 Å². The Bertz CT molecular complexity index is 392. The molecule has 0 radical (unpaired) electrons. The number of rotatable bonds is 7. The number of nitrogens with one attached hydrogen (secondary N) is 1. The topological polar surface area (TPSA) is 15.3 Å². The molecular weight excluding hydrogens is 239 g/mol. The minimum Gasteiger partial charge on any atom is -0.312 e. The van der Waals surface area contributed by atoms with Crippen molar-refractivity contribution in [2.24, 2.45) is 0 Å². The zero-order chi connectivity index (χ0) is 14.5. The van der Waals surface area contributed by atoms with E-state index in [2.05, 4.69) is 45.1 Å². The van der Waals surface area contributed by atoms with Gasteiger partial charge in [-0.05, 0) is 52.0 Å². The quantitative estimate of drug-likeness (QED) is 0.816. The van der Waals surface area contributed by atoms with Crippen LogP contribution in [0.3, 0.4) is 0 Å². The predicted octanol–water partition coefficient (Wildman–Crippen LogP) is 3.08. The second-order valence-corrected chi connectivity index (χ2v) is 5.51. The second-order valence-electron chi connectivity index (χ2n) is 5.51. The molecular formula is C16H27FN2. The molecule has 2 atom stereocenters. The van der Waals surface area contributed by atoms with Crippen LogP contribution in [0.4, 0.5) is 4.39 Å². The fourth-order valence-corrected chi connectivity index (χ4v) is 2.52. The van der Waals surface area contributed by atoms with Crippen LogP contribution in [0.5, 0.6) is 0 Å². The molecule has 0 aliphatic carbocycles. The standard InChI is InChI=1S/C16H27FN2/c1-6-16(3,19(4)5)15(18-7-2)12-13-10-8-9-11-14(13)17/h8-11,15,18H,6-7,12H2,1-5H3. The average molecular weight is 266 g/mol. The summed E-state index contributed by atoms with van der Waals surface area (Å²) >= 11 is 0. The van der Waals surface area contributed by atoms with E-state index in [0.717, 1.165) is 18.5 Å². The van der Waals surface area contributed by atoms with E-state index in [9.17, 15) is 4.39 Å². The average Bonchev–Trinajstić information content (AvgIpc) is 2.39. The highest BCUT2D eigenvalue weighted by molar-refractivity contribution is 5.19. The number of halogens is 1. The number of likely N-dealkylation sites (N-methyl/N-ethyl adjacent to an activating group) is 2. The van der Waals surface area contributed by atoms with E-state index in [-0.39, 0.29) is 17.4 Å². The van der Waals surface area contributed by atoms with E-state index in [4.69, 9.17) is 0 Å². The van der Waals surface area contributed by atoms with Crippen LogP contribution >= 0.6 is 0 Å². The molecule has 0 heterocycles. The van der Waals surface area contributed by atoms with Crippen LogP contribution in [-0.2, 0) is 6.42 Å². The Morgan fingerprint density at radius 1 is 1.26 bits per heavy atom. The number of hydrogen-bond acceptors (Lipinski definition) is 2. The first-order chi connectivity index (χ1) is 8.95. The van der Waals surface area contributed by atoms with Crippen molar-refractivity contribution >= 4 is 0 Å². The highest BCUT2D eigenvalue weighted by Gasteiger charge is 2.34. The van der Waals surface area contributed by atoms with Crippen molar-refractivity contribution < 1.29 is 4.39 Å². The largest absolute Gasteiger partial charge is 0.312 e. The summed E-state index contributed by atoms with van der Waals surface area (Å²) in [5.74, 6) is -0.109. The van der Waals surface area contributed by atoms with Crippen LogP contribution in [0.25, 0.3) is 0 Å². The molecule has 1 rings (SSSR count). The number of hydrogen-bond donors (Lipinski definition) is 1. The molecule has 1 aromatic rings. The molecule has 2 nitrogen and oxygen atoms in total. The summed E-state index contributed by atoms with van der Waals surface area (Å²) in [7, 11) is 4.18. The molecule has 1 aromatic carbocycles. The molecule has 108 valence electrons. The van der Waals surface area contributed by atoms with Crippen molar-refractivity contribution in [1.82, 2.24) is 10.2 Å². The first-order valence-electron chi connectivity index (χ1n) is 7.09. The van der Waals surface area contributed by atoms with Crippen molar-refractivity contribution in [3.63, 3.8) is 0 Å². The lowest BCUT2D eigenvalue weighted by Gasteiger charge is -2.43. The maximum Gasteiger partial charge on any atom is 0.126 e. The lowest BCUT2D eigenvalue weighted by Crippen LogP contribution is -2.57. The summed E-state index contributed by atoms with van der Waals surface area (Å²) in [6.45, 7) is 7.41. The molecule has 0 bridgehead atoms. The third-order valence-corrected chi connectivity index (χ3v) is 4.32. The van der Waals surface area contributed by atoms with E-state index in [1.54, 1.807) is 6.07 Å². The van der Waals surface area contributed by atoms with Crippen molar-refractivity contribution in [1.29, 1.82) is 0 Å². The van der Waals surface area contributed by atoms with Gasteiger partial charge in [0.15, 0.2) is 0 Å². The highest BCUT2D eigenvalue weighted by atomic mass is 19.1. The SMILES string of the molecule is CCNC(Cc1ccccc1F)C(C)(CC)N(C)C. The molecule has 0 aliphatic heterocycles. The monoisotopic (exact) mass is 266 g/mol. The van der Waals surface area contributed by atoms with E-state index in [0.29, 0.717) is 6.42 Å². The van der Waals surface area contributed by atoms with E-state index in [1.807, 2.05) is 12.1 Å². The second kappa shape index (κ2) is 7.01. The maximum atomic E-state index is 13.8.